The smallest absolute Gasteiger partial charge is 0.0672 e. The van der Waals surface area contributed by atoms with Crippen LogP contribution in [0.5, 0.6) is 0 Å². The third-order valence-electron chi connectivity index (χ3n) is 14.2. The Morgan fingerprint density at radius 2 is 0.780 bits per heavy atom. The van der Waals surface area contributed by atoms with E-state index < -0.39 is 0 Å². The highest BCUT2D eigenvalue weighted by molar-refractivity contribution is 5.98. The molecule has 2 nitrogen and oxygen atoms in total. The van der Waals surface area contributed by atoms with E-state index in [4.69, 9.17) is 0 Å². The number of para-hydroxylation sites is 2. The Hall–Kier alpha value is -6.12. The van der Waals surface area contributed by atoms with Crippen molar-refractivity contribution < 1.29 is 0 Å². The van der Waals surface area contributed by atoms with Crippen molar-refractivity contribution in [3.05, 3.63) is 204 Å². The van der Waals surface area contributed by atoms with E-state index in [2.05, 4.69) is 233 Å². The lowest BCUT2D eigenvalue weighted by molar-refractivity contribution is 0.453. The quantitative estimate of drug-likeness (QED) is 0.122. The van der Waals surface area contributed by atoms with Gasteiger partial charge in [-0.3, -0.25) is 0 Å². The Kier molecular flexibility index (Phi) is 9.92. The number of rotatable bonds is 12. The molecule has 1 aliphatic rings. The van der Waals surface area contributed by atoms with E-state index >= 15 is 0 Å². The average Bonchev–Trinajstić information content (AvgIpc) is 3.58. The molecule has 1 aliphatic carbocycles. The van der Waals surface area contributed by atoms with Crippen molar-refractivity contribution in [2.75, 3.05) is 9.80 Å². The van der Waals surface area contributed by atoms with E-state index in [1.165, 1.54) is 77.7 Å². The van der Waals surface area contributed by atoms with Gasteiger partial charge in [0.15, 0.2) is 0 Å². The van der Waals surface area contributed by atoms with E-state index in [9.17, 15) is 0 Å². The average molecular weight is 769 g/mol. The Labute approximate surface area is 351 Å². The maximum absolute atomic E-state index is 2.61. The highest BCUT2D eigenvalue weighted by Crippen LogP contribution is 2.56. The summed E-state index contributed by atoms with van der Waals surface area (Å²) in [5.41, 5.74) is 12.5. The van der Waals surface area contributed by atoms with Crippen molar-refractivity contribution in [2.24, 2.45) is 0 Å². The molecule has 9 rings (SSSR count). The molecule has 294 valence electrons. The van der Waals surface area contributed by atoms with Gasteiger partial charge in [-0.15, -0.1) is 0 Å². The van der Waals surface area contributed by atoms with Crippen LogP contribution >= 0.6 is 0 Å². The third kappa shape index (κ3) is 6.07. The SMILES string of the molecule is CCC1(CC)c2cc(C(C)(CC)N(c3ccccc3)c3cccc4ccccc34)ccc2-c2ccc(C(C)(CC)N(c3ccccc3)c3cccc4ccccc34)cc21. The maximum atomic E-state index is 2.61. The summed E-state index contributed by atoms with van der Waals surface area (Å²) in [6.45, 7) is 14.4. The Morgan fingerprint density at radius 3 is 1.17 bits per heavy atom. The van der Waals surface area contributed by atoms with Crippen LogP contribution in [0.4, 0.5) is 22.7 Å². The van der Waals surface area contributed by atoms with Gasteiger partial charge in [-0.2, -0.15) is 0 Å². The number of hydrogen-bond acceptors (Lipinski definition) is 2. The molecule has 0 saturated carbocycles. The van der Waals surface area contributed by atoms with Crippen molar-refractivity contribution in [1.82, 2.24) is 0 Å². The van der Waals surface area contributed by atoms with Crippen LogP contribution in [0.1, 0.15) is 89.5 Å². The Balaban J connectivity index is 1.20. The van der Waals surface area contributed by atoms with Crippen molar-refractivity contribution in [3.8, 4) is 11.1 Å². The zero-order chi connectivity index (χ0) is 40.8. The van der Waals surface area contributed by atoms with E-state index in [0.717, 1.165) is 25.7 Å². The molecule has 0 saturated heterocycles. The largest absolute Gasteiger partial charge is 0.331 e. The number of nitrogens with zero attached hydrogens (tertiary/aromatic N) is 2. The number of fused-ring (bicyclic) bond motifs is 5. The molecule has 0 spiro atoms. The second-order valence-electron chi connectivity index (χ2n) is 16.9. The molecule has 0 amide bonds. The molecule has 0 bridgehead atoms. The first-order chi connectivity index (χ1) is 28.8. The van der Waals surface area contributed by atoms with E-state index in [0.29, 0.717) is 0 Å². The molecule has 0 radical (unpaired) electrons. The zero-order valence-electron chi connectivity index (χ0n) is 35.5. The molecule has 2 unspecified atom stereocenters. The zero-order valence-corrected chi connectivity index (χ0v) is 35.5. The molecule has 0 aliphatic heterocycles. The van der Waals surface area contributed by atoms with Crippen LogP contribution in [0.3, 0.4) is 0 Å². The number of benzene rings is 8. The molecule has 0 fully saturated rings. The van der Waals surface area contributed by atoms with Crippen molar-refractivity contribution in [2.45, 2.75) is 83.7 Å². The van der Waals surface area contributed by atoms with Gasteiger partial charge in [-0.05, 0) is 120 Å². The molecule has 8 aromatic rings. The van der Waals surface area contributed by atoms with Gasteiger partial charge in [0.1, 0.15) is 0 Å². The fourth-order valence-electron chi connectivity index (χ4n) is 10.5. The minimum absolute atomic E-state index is 0.117. The fraction of sp³-hybridized carbons (Fsp3) is 0.228. The van der Waals surface area contributed by atoms with Gasteiger partial charge in [0, 0.05) is 38.9 Å². The molecule has 0 heterocycles. The number of hydrogen-bond donors (Lipinski definition) is 0. The molecule has 0 N–H and O–H groups in total. The second-order valence-corrected chi connectivity index (χ2v) is 16.9. The molecule has 2 heteroatoms. The van der Waals surface area contributed by atoms with Crippen LogP contribution in [-0.4, -0.2) is 0 Å². The van der Waals surface area contributed by atoms with Gasteiger partial charge in [0.05, 0.1) is 11.1 Å². The summed E-state index contributed by atoms with van der Waals surface area (Å²) in [4.78, 5) is 5.21. The topological polar surface area (TPSA) is 6.48 Å². The summed E-state index contributed by atoms with van der Waals surface area (Å²) in [6, 6.07) is 68.0. The predicted octanol–water partition coefficient (Wildman–Crippen LogP) is 16.0. The van der Waals surface area contributed by atoms with Gasteiger partial charge in [0.2, 0.25) is 0 Å². The summed E-state index contributed by atoms with van der Waals surface area (Å²) in [6.07, 6.45) is 3.92. The Bertz CT molecular complexity index is 2570. The van der Waals surface area contributed by atoms with Crippen molar-refractivity contribution in [1.29, 1.82) is 0 Å². The summed E-state index contributed by atoms with van der Waals surface area (Å²) >= 11 is 0. The third-order valence-corrected chi connectivity index (χ3v) is 14.2. The summed E-state index contributed by atoms with van der Waals surface area (Å²) < 4.78 is 0. The van der Waals surface area contributed by atoms with Crippen LogP contribution in [0.2, 0.25) is 0 Å². The minimum Gasteiger partial charge on any atom is -0.331 e. The highest BCUT2D eigenvalue weighted by atomic mass is 15.2. The molecule has 59 heavy (non-hydrogen) atoms. The highest BCUT2D eigenvalue weighted by Gasteiger charge is 2.44. The van der Waals surface area contributed by atoms with Crippen LogP contribution in [0.25, 0.3) is 32.7 Å². The molecular formula is C57H56N2. The summed E-state index contributed by atoms with van der Waals surface area (Å²) in [5.74, 6) is 0. The molecule has 0 aromatic heterocycles. The molecule has 8 aromatic carbocycles. The lowest BCUT2D eigenvalue weighted by atomic mass is 9.71. The van der Waals surface area contributed by atoms with Crippen LogP contribution in [0.15, 0.2) is 182 Å². The van der Waals surface area contributed by atoms with E-state index in [1.807, 2.05) is 0 Å². The predicted molar refractivity (Wildman–Crippen MR) is 254 cm³/mol. The lowest BCUT2D eigenvalue weighted by Crippen LogP contribution is -2.41. The molecular weight excluding hydrogens is 713 g/mol. The second kappa shape index (κ2) is 15.2. The van der Waals surface area contributed by atoms with Crippen molar-refractivity contribution >= 4 is 44.3 Å². The molecule has 2 atom stereocenters. The fourth-order valence-corrected chi connectivity index (χ4v) is 10.5. The van der Waals surface area contributed by atoms with Crippen molar-refractivity contribution in [3.63, 3.8) is 0 Å². The van der Waals surface area contributed by atoms with Gasteiger partial charge in [-0.1, -0.05) is 173 Å². The first-order valence-corrected chi connectivity index (χ1v) is 21.8. The van der Waals surface area contributed by atoms with Gasteiger partial charge in [0.25, 0.3) is 0 Å². The van der Waals surface area contributed by atoms with Gasteiger partial charge in [-0.25, -0.2) is 0 Å². The number of anilines is 4. The first-order valence-electron chi connectivity index (χ1n) is 21.8. The van der Waals surface area contributed by atoms with Crippen LogP contribution < -0.4 is 9.80 Å². The van der Waals surface area contributed by atoms with Gasteiger partial charge < -0.3 is 9.80 Å². The monoisotopic (exact) mass is 768 g/mol. The van der Waals surface area contributed by atoms with Gasteiger partial charge >= 0.3 is 0 Å². The standard InChI is InChI=1S/C57H56N2/c1-7-55(5,58(45-27-13-11-14-28-45)53-33-21-25-41-23-17-19-31-47(41)53)43-35-37-49-50-38-36-44(40-52(50)57(9-3,10-4)51(49)39-43)56(6,8-2)59(46-29-15-12-16-30-46)54-34-22-26-42-24-18-20-32-48(42)54/h11-40H,7-10H2,1-6H3. The minimum atomic E-state index is -0.330. The summed E-state index contributed by atoms with van der Waals surface area (Å²) in [7, 11) is 0. The Morgan fingerprint density at radius 1 is 0.407 bits per heavy atom. The van der Waals surface area contributed by atoms with E-state index in [-0.39, 0.29) is 16.5 Å². The van der Waals surface area contributed by atoms with Crippen LogP contribution in [-0.2, 0) is 16.5 Å². The summed E-state index contributed by atoms with van der Waals surface area (Å²) in [5, 5.41) is 5.04. The van der Waals surface area contributed by atoms with E-state index in [1.54, 1.807) is 0 Å². The van der Waals surface area contributed by atoms with Crippen LogP contribution in [0, 0.1) is 0 Å². The maximum Gasteiger partial charge on any atom is 0.0672 e. The lowest BCUT2D eigenvalue weighted by Gasteiger charge is -2.44. The first kappa shape index (κ1) is 38.4. The normalized spacial score (nSPS) is 14.9.